The van der Waals surface area contributed by atoms with Gasteiger partial charge >= 0.3 is 0 Å². The molecule has 20 heavy (non-hydrogen) atoms. The lowest BCUT2D eigenvalue weighted by Crippen LogP contribution is -2.18. The van der Waals surface area contributed by atoms with Crippen LogP contribution in [0.4, 0.5) is 0 Å². The number of benzene rings is 2. The van der Waals surface area contributed by atoms with E-state index in [1.807, 2.05) is 6.07 Å². The molecule has 0 heterocycles. The van der Waals surface area contributed by atoms with Crippen LogP contribution in [0, 0.1) is 0 Å². The van der Waals surface area contributed by atoms with E-state index in [1.54, 1.807) is 0 Å². The summed E-state index contributed by atoms with van der Waals surface area (Å²) in [5.41, 5.74) is 10.5. The van der Waals surface area contributed by atoms with Crippen molar-refractivity contribution in [2.45, 2.75) is 45.1 Å². The van der Waals surface area contributed by atoms with Gasteiger partial charge < -0.3 is 5.73 Å². The molecule has 0 aromatic heterocycles. The zero-order valence-corrected chi connectivity index (χ0v) is 12.5. The molecule has 0 amide bonds. The van der Waals surface area contributed by atoms with Crippen LogP contribution in [-0.4, -0.2) is 0 Å². The molecule has 2 aromatic carbocycles. The minimum atomic E-state index is 0.0546. The summed E-state index contributed by atoms with van der Waals surface area (Å²) < 4.78 is 0. The monoisotopic (exact) mass is 267 g/mol. The average molecular weight is 267 g/mol. The highest BCUT2D eigenvalue weighted by Crippen LogP contribution is 2.31. The largest absolute Gasteiger partial charge is 0.323 e. The van der Waals surface area contributed by atoms with Crippen molar-refractivity contribution in [1.29, 1.82) is 0 Å². The summed E-state index contributed by atoms with van der Waals surface area (Å²) >= 11 is 0. The van der Waals surface area contributed by atoms with Crippen molar-refractivity contribution >= 4 is 0 Å². The van der Waals surface area contributed by atoms with Crippen molar-refractivity contribution in [1.82, 2.24) is 0 Å². The molecule has 0 saturated heterocycles. The third kappa shape index (κ3) is 3.49. The van der Waals surface area contributed by atoms with Gasteiger partial charge in [-0.15, -0.1) is 0 Å². The van der Waals surface area contributed by atoms with Crippen LogP contribution in [0.1, 0.15) is 55.3 Å². The topological polar surface area (TPSA) is 26.0 Å². The highest BCUT2D eigenvalue weighted by molar-refractivity contribution is 5.33. The van der Waals surface area contributed by atoms with E-state index in [9.17, 15) is 0 Å². The van der Waals surface area contributed by atoms with Crippen LogP contribution in [0.3, 0.4) is 0 Å². The molecule has 2 unspecified atom stereocenters. The zero-order chi connectivity index (χ0) is 14.4. The number of unbranched alkanes of at least 4 members (excludes halogenated alkanes) is 1. The molecule has 1 nitrogen and oxygen atoms in total. The standard InChI is InChI=1S/C19H25N/c1-3-4-10-16-11-8-9-14-18(16)15(2)19(20)17-12-6-5-7-13-17/h5-9,11-15,19H,3-4,10,20H2,1-2H3. The molecule has 0 spiro atoms. The van der Waals surface area contributed by atoms with Gasteiger partial charge in [0.25, 0.3) is 0 Å². The summed E-state index contributed by atoms with van der Waals surface area (Å²) in [6.45, 7) is 4.48. The molecule has 0 aliphatic heterocycles. The maximum Gasteiger partial charge on any atom is 0.0361 e. The van der Waals surface area contributed by atoms with Crippen LogP contribution in [0.15, 0.2) is 54.6 Å². The van der Waals surface area contributed by atoms with Gasteiger partial charge in [0.05, 0.1) is 0 Å². The zero-order valence-electron chi connectivity index (χ0n) is 12.5. The first-order valence-electron chi connectivity index (χ1n) is 7.62. The first-order valence-corrected chi connectivity index (χ1v) is 7.62. The maximum atomic E-state index is 6.47. The Morgan fingerprint density at radius 3 is 2.30 bits per heavy atom. The summed E-state index contributed by atoms with van der Waals surface area (Å²) in [6, 6.07) is 19.2. The first kappa shape index (κ1) is 14.8. The molecule has 2 atom stereocenters. The minimum Gasteiger partial charge on any atom is -0.323 e. The first-order chi connectivity index (χ1) is 9.74. The quantitative estimate of drug-likeness (QED) is 0.796. The lowest BCUT2D eigenvalue weighted by Gasteiger charge is -2.23. The number of rotatable bonds is 6. The molecular formula is C19H25N. The van der Waals surface area contributed by atoms with Gasteiger partial charge in [0.2, 0.25) is 0 Å². The van der Waals surface area contributed by atoms with Gasteiger partial charge in [-0.25, -0.2) is 0 Å². The van der Waals surface area contributed by atoms with Gasteiger partial charge in [-0.2, -0.15) is 0 Å². The van der Waals surface area contributed by atoms with Crippen LogP contribution in [0.5, 0.6) is 0 Å². The lowest BCUT2D eigenvalue weighted by atomic mass is 9.85. The highest BCUT2D eigenvalue weighted by Gasteiger charge is 2.18. The van der Waals surface area contributed by atoms with E-state index >= 15 is 0 Å². The van der Waals surface area contributed by atoms with E-state index in [1.165, 1.54) is 29.5 Å². The third-order valence-electron chi connectivity index (χ3n) is 4.07. The maximum absolute atomic E-state index is 6.47. The van der Waals surface area contributed by atoms with Crippen molar-refractivity contribution in [3.8, 4) is 0 Å². The smallest absolute Gasteiger partial charge is 0.0361 e. The van der Waals surface area contributed by atoms with Crippen molar-refractivity contribution in [3.63, 3.8) is 0 Å². The molecule has 2 N–H and O–H groups in total. The summed E-state index contributed by atoms with van der Waals surface area (Å²) in [7, 11) is 0. The lowest BCUT2D eigenvalue weighted by molar-refractivity contribution is 0.591. The fourth-order valence-corrected chi connectivity index (χ4v) is 2.73. The molecule has 0 saturated carbocycles. The van der Waals surface area contributed by atoms with Gasteiger partial charge in [0, 0.05) is 12.0 Å². The molecule has 0 fully saturated rings. The second-order valence-corrected chi connectivity index (χ2v) is 5.53. The van der Waals surface area contributed by atoms with E-state index in [-0.39, 0.29) is 6.04 Å². The molecule has 0 aliphatic carbocycles. The predicted molar refractivity (Wildman–Crippen MR) is 86.8 cm³/mol. The Morgan fingerprint density at radius 1 is 0.950 bits per heavy atom. The Morgan fingerprint density at radius 2 is 1.60 bits per heavy atom. The number of aryl methyl sites for hydroxylation is 1. The second-order valence-electron chi connectivity index (χ2n) is 5.53. The molecule has 106 valence electrons. The molecule has 0 radical (unpaired) electrons. The van der Waals surface area contributed by atoms with Crippen LogP contribution in [0.25, 0.3) is 0 Å². The Hall–Kier alpha value is -1.60. The van der Waals surface area contributed by atoms with Gasteiger partial charge in [-0.05, 0) is 29.5 Å². The van der Waals surface area contributed by atoms with Gasteiger partial charge in [-0.1, -0.05) is 74.9 Å². The SMILES string of the molecule is CCCCc1ccccc1C(C)C(N)c1ccccc1. The van der Waals surface area contributed by atoms with E-state index in [0.717, 1.165) is 6.42 Å². The second kappa shape index (κ2) is 7.25. The Kier molecular flexibility index (Phi) is 5.37. The molecule has 0 bridgehead atoms. The molecule has 2 rings (SSSR count). The van der Waals surface area contributed by atoms with Crippen molar-refractivity contribution in [2.75, 3.05) is 0 Å². The minimum absolute atomic E-state index is 0.0546. The van der Waals surface area contributed by atoms with E-state index in [0.29, 0.717) is 5.92 Å². The third-order valence-corrected chi connectivity index (χ3v) is 4.07. The Bertz CT molecular complexity index is 518. The molecular weight excluding hydrogens is 242 g/mol. The van der Waals surface area contributed by atoms with Crippen LogP contribution in [0.2, 0.25) is 0 Å². The molecule has 2 aromatic rings. The normalized spacial score (nSPS) is 13.9. The Balaban J connectivity index is 2.22. The fraction of sp³-hybridized carbons (Fsp3) is 0.368. The molecule has 0 aliphatic rings. The summed E-state index contributed by atoms with van der Waals surface area (Å²) in [4.78, 5) is 0. The highest BCUT2D eigenvalue weighted by atomic mass is 14.6. The fourth-order valence-electron chi connectivity index (χ4n) is 2.73. The summed E-state index contributed by atoms with van der Waals surface area (Å²) in [6.07, 6.45) is 3.62. The summed E-state index contributed by atoms with van der Waals surface area (Å²) in [5.74, 6) is 0.338. The van der Waals surface area contributed by atoms with Gasteiger partial charge in [-0.3, -0.25) is 0 Å². The average Bonchev–Trinajstić information content (AvgIpc) is 2.52. The van der Waals surface area contributed by atoms with Crippen molar-refractivity contribution < 1.29 is 0 Å². The number of hydrogen-bond donors (Lipinski definition) is 1. The number of hydrogen-bond acceptors (Lipinski definition) is 1. The van der Waals surface area contributed by atoms with Crippen LogP contribution >= 0.6 is 0 Å². The van der Waals surface area contributed by atoms with Gasteiger partial charge in [0.15, 0.2) is 0 Å². The van der Waals surface area contributed by atoms with Crippen molar-refractivity contribution in [3.05, 3.63) is 71.3 Å². The van der Waals surface area contributed by atoms with Crippen LogP contribution < -0.4 is 5.73 Å². The van der Waals surface area contributed by atoms with Gasteiger partial charge in [0.1, 0.15) is 0 Å². The van der Waals surface area contributed by atoms with Crippen LogP contribution in [-0.2, 0) is 6.42 Å². The summed E-state index contributed by atoms with van der Waals surface area (Å²) in [5, 5.41) is 0. The van der Waals surface area contributed by atoms with E-state index in [4.69, 9.17) is 5.73 Å². The van der Waals surface area contributed by atoms with E-state index < -0.39 is 0 Å². The number of nitrogens with two attached hydrogens (primary N) is 1. The Labute approximate surface area is 122 Å². The van der Waals surface area contributed by atoms with Crippen molar-refractivity contribution in [2.24, 2.45) is 5.73 Å². The predicted octanol–water partition coefficient (Wildman–Crippen LogP) is 4.83. The van der Waals surface area contributed by atoms with E-state index in [2.05, 4.69) is 62.4 Å². The molecule has 1 heteroatoms.